The molecule has 0 aliphatic heterocycles. The predicted molar refractivity (Wildman–Crippen MR) is 218 cm³/mol. The lowest BCUT2D eigenvalue weighted by atomic mass is 9.70. The van der Waals surface area contributed by atoms with Crippen molar-refractivity contribution in [3.63, 3.8) is 0 Å². The lowest BCUT2D eigenvalue weighted by Crippen LogP contribution is -2.25. The molecule has 8 aromatic carbocycles. The van der Waals surface area contributed by atoms with Crippen molar-refractivity contribution in [1.82, 2.24) is 9.97 Å². The molecule has 53 heavy (non-hydrogen) atoms. The summed E-state index contributed by atoms with van der Waals surface area (Å²) in [5, 5.41) is 2.51. The van der Waals surface area contributed by atoms with E-state index in [-0.39, 0.29) is 0 Å². The van der Waals surface area contributed by atoms with Gasteiger partial charge in [-0.15, -0.1) is 0 Å². The molecule has 2 nitrogen and oxygen atoms in total. The summed E-state index contributed by atoms with van der Waals surface area (Å²) < 4.78 is 0. The van der Waals surface area contributed by atoms with E-state index in [9.17, 15) is 0 Å². The van der Waals surface area contributed by atoms with Gasteiger partial charge in [-0.2, -0.15) is 0 Å². The molecule has 2 heteroatoms. The minimum absolute atomic E-state index is 0.470. The highest BCUT2D eigenvalue weighted by Gasteiger charge is 2.52. The first kappa shape index (κ1) is 29.8. The van der Waals surface area contributed by atoms with Gasteiger partial charge < -0.3 is 0 Å². The second-order valence-electron chi connectivity index (χ2n) is 14.1. The standard InChI is InChI=1S/C51H32N2/c1-3-15-33(16-4-1)35-21-13-22-38(29-35)48-32-47(34-17-5-2-6-18-34)52-50(53-48)41-25-14-28-45-49(41)40-24-10-12-27-44(40)51(45)43-26-11-9-23-39(43)42-30-36-19-7-8-20-37(36)31-46(42)51/h1-32H. The van der Waals surface area contributed by atoms with Gasteiger partial charge in [-0.05, 0) is 90.7 Å². The molecular formula is C51H32N2. The van der Waals surface area contributed by atoms with Crippen molar-refractivity contribution in [2.24, 2.45) is 0 Å². The second-order valence-corrected chi connectivity index (χ2v) is 14.1. The van der Waals surface area contributed by atoms with Crippen LogP contribution >= 0.6 is 0 Å². The summed E-state index contributed by atoms with van der Waals surface area (Å²) >= 11 is 0. The Morgan fingerprint density at radius 2 is 0.830 bits per heavy atom. The summed E-state index contributed by atoms with van der Waals surface area (Å²) in [6.07, 6.45) is 0. The van der Waals surface area contributed by atoms with Gasteiger partial charge in [-0.3, -0.25) is 0 Å². The Morgan fingerprint density at radius 1 is 0.302 bits per heavy atom. The van der Waals surface area contributed by atoms with E-state index < -0.39 is 5.41 Å². The molecule has 1 atom stereocenters. The lowest BCUT2D eigenvalue weighted by Gasteiger charge is -2.30. The van der Waals surface area contributed by atoms with E-state index in [1.807, 2.05) is 0 Å². The highest BCUT2D eigenvalue weighted by Crippen LogP contribution is 2.64. The zero-order valence-electron chi connectivity index (χ0n) is 28.9. The Hall–Kier alpha value is -6.90. The summed E-state index contributed by atoms with van der Waals surface area (Å²) in [7, 11) is 0. The van der Waals surface area contributed by atoms with Crippen LogP contribution in [0.1, 0.15) is 22.3 Å². The van der Waals surface area contributed by atoms with Crippen LogP contribution < -0.4 is 0 Å². The van der Waals surface area contributed by atoms with Crippen molar-refractivity contribution >= 4 is 10.8 Å². The molecule has 0 N–H and O–H groups in total. The van der Waals surface area contributed by atoms with Gasteiger partial charge in [0.2, 0.25) is 0 Å². The molecular weight excluding hydrogens is 641 g/mol. The van der Waals surface area contributed by atoms with E-state index in [1.165, 1.54) is 60.8 Å². The van der Waals surface area contributed by atoms with Gasteiger partial charge >= 0.3 is 0 Å². The van der Waals surface area contributed by atoms with Crippen molar-refractivity contribution in [2.75, 3.05) is 0 Å². The summed E-state index contributed by atoms with van der Waals surface area (Å²) in [6.45, 7) is 0. The monoisotopic (exact) mass is 672 g/mol. The fourth-order valence-electron chi connectivity index (χ4n) is 9.02. The van der Waals surface area contributed by atoms with Gasteiger partial charge in [0.05, 0.1) is 16.8 Å². The third kappa shape index (κ3) is 4.39. The maximum Gasteiger partial charge on any atom is 0.161 e. The fraction of sp³-hybridized carbons (Fsp3) is 0.0196. The quantitative estimate of drug-likeness (QED) is 0.186. The van der Waals surface area contributed by atoms with Gasteiger partial charge in [0.15, 0.2) is 5.82 Å². The molecule has 9 aromatic rings. The van der Waals surface area contributed by atoms with E-state index in [4.69, 9.17) is 9.97 Å². The molecule has 0 bridgehead atoms. The SMILES string of the molecule is c1ccc(-c2cccc(-c3cc(-c4ccccc4)nc(-c4cccc5c4-c4ccccc4C54c5ccccc5-c5cc6ccccc6cc54)n3)c2)cc1. The van der Waals surface area contributed by atoms with E-state index in [1.54, 1.807) is 0 Å². The number of hydrogen-bond donors (Lipinski definition) is 0. The van der Waals surface area contributed by atoms with E-state index in [0.29, 0.717) is 0 Å². The number of benzene rings is 8. The van der Waals surface area contributed by atoms with Gasteiger partial charge in [0.1, 0.15) is 0 Å². The normalized spacial score (nSPS) is 14.9. The average Bonchev–Trinajstić information content (AvgIpc) is 3.70. The smallest absolute Gasteiger partial charge is 0.161 e. The summed E-state index contributed by atoms with van der Waals surface area (Å²) in [5.74, 6) is 0.722. The second kappa shape index (κ2) is 11.6. The molecule has 1 aromatic heterocycles. The van der Waals surface area contributed by atoms with Gasteiger partial charge in [0.25, 0.3) is 0 Å². The molecule has 0 fully saturated rings. The van der Waals surface area contributed by atoms with Crippen LogP contribution in [0.15, 0.2) is 194 Å². The maximum absolute atomic E-state index is 5.42. The zero-order valence-corrected chi connectivity index (χ0v) is 28.9. The van der Waals surface area contributed by atoms with Crippen molar-refractivity contribution in [3.05, 3.63) is 216 Å². The van der Waals surface area contributed by atoms with Crippen LogP contribution in [0, 0.1) is 0 Å². The van der Waals surface area contributed by atoms with Crippen LogP contribution in [0.25, 0.3) is 78.1 Å². The highest BCUT2D eigenvalue weighted by molar-refractivity contribution is 6.02. The summed E-state index contributed by atoms with van der Waals surface area (Å²) in [5.41, 5.74) is 17.1. The lowest BCUT2D eigenvalue weighted by molar-refractivity contribution is 0.795. The van der Waals surface area contributed by atoms with Crippen molar-refractivity contribution < 1.29 is 0 Å². The number of nitrogens with zero attached hydrogens (tertiary/aromatic N) is 2. The number of fused-ring (bicyclic) bond motifs is 11. The number of hydrogen-bond acceptors (Lipinski definition) is 2. The van der Waals surface area contributed by atoms with Gasteiger partial charge in [0, 0.05) is 16.7 Å². The average molecular weight is 673 g/mol. The highest BCUT2D eigenvalue weighted by atomic mass is 14.9. The molecule has 246 valence electrons. The van der Waals surface area contributed by atoms with E-state index in [0.717, 1.165) is 39.5 Å². The minimum Gasteiger partial charge on any atom is -0.228 e. The van der Waals surface area contributed by atoms with Crippen LogP contribution in [-0.4, -0.2) is 9.97 Å². The first-order valence-corrected chi connectivity index (χ1v) is 18.2. The Bertz CT molecular complexity index is 2890. The Morgan fingerprint density at radius 3 is 1.60 bits per heavy atom. The molecule has 1 heterocycles. The topological polar surface area (TPSA) is 25.8 Å². The van der Waals surface area contributed by atoms with Crippen LogP contribution in [-0.2, 0) is 5.41 Å². The van der Waals surface area contributed by atoms with E-state index in [2.05, 4.69) is 194 Å². The summed E-state index contributed by atoms with van der Waals surface area (Å²) in [6, 6.07) is 70.1. The number of rotatable bonds is 4. The molecule has 11 rings (SSSR count). The van der Waals surface area contributed by atoms with Gasteiger partial charge in [-0.1, -0.05) is 170 Å². The minimum atomic E-state index is -0.470. The van der Waals surface area contributed by atoms with Crippen LogP contribution in [0.2, 0.25) is 0 Å². The maximum atomic E-state index is 5.42. The molecule has 0 saturated carbocycles. The molecule has 1 unspecified atom stereocenters. The van der Waals surface area contributed by atoms with Crippen molar-refractivity contribution in [2.45, 2.75) is 5.41 Å². The fourth-order valence-corrected chi connectivity index (χ4v) is 9.02. The van der Waals surface area contributed by atoms with Crippen molar-refractivity contribution in [1.29, 1.82) is 0 Å². The zero-order chi connectivity index (χ0) is 34.9. The van der Waals surface area contributed by atoms with Crippen LogP contribution in [0.5, 0.6) is 0 Å². The summed E-state index contributed by atoms with van der Waals surface area (Å²) in [4.78, 5) is 10.8. The van der Waals surface area contributed by atoms with Crippen LogP contribution in [0.4, 0.5) is 0 Å². The molecule has 0 amide bonds. The third-order valence-corrected chi connectivity index (χ3v) is 11.3. The Labute approximate surface area is 308 Å². The predicted octanol–water partition coefficient (Wildman–Crippen LogP) is 12.6. The Balaban J connectivity index is 1.19. The molecule has 2 aliphatic carbocycles. The Kier molecular flexibility index (Phi) is 6.50. The first-order valence-electron chi connectivity index (χ1n) is 18.2. The largest absolute Gasteiger partial charge is 0.228 e. The third-order valence-electron chi connectivity index (χ3n) is 11.3. The number of aromatic nitrogens is 2. The van der Waals surface area contributed by atoms with Gasteiger partial charge in [-0.25, -0.2) is 9.97 Å². The van der Waals surface area contributed by atoms with E-state index >= 15 is 0 Å². The first-order chi connectivity index (χ1) is 26.3. The van der Waals surface area contributed by atoms with Crippen molar-refractivity contribution in [3.8, 4) is 67.3 Å². The molecule has 0 radical (unpaired) electrons. The molecule has 1 spiro atoms. The molecule has 0 saturated heterocycles. The van der Waals surface area contributed by atoms with Crippen LogP contribution in [0.3, 0.4) is 0 Å². The molecule has 2 aliphatic rings.